The van der Waals surface area contributed by atoms with E-state index >= 15 is 0 Å². The number of ether oxygens (including phenoxy) is 2. The number of carbonyl (C=O) groups excluding carboxylic acids is 2. The van der Waals surface area contributed by atoms with Crippen molar-refractivity contribution in [1.82, 2.24) is 9.88 Å². The van der Waals surface area contributed by atoms with Crippen molar-refractivity contribution in [3.05, 3.63) is 89.0 Å². The number of hydrogen-bond acceptors (Lipinski definition) is 6. The molecule has 0 radical (unpaired) electrons. The molecule has 0 saturated carbocycles. The van der Waals surface area contributed by atoms with Gasteiger partial charge in [-0.15, -0.1) is 0 Å². The molecule has 8 heteroatoms. The molecule has 2 aromatic heterocycles. The Hall–Kier alpha value is -4.46. The zero-order valence-electron chi connectivity index (χ0n) is 19.5. The number of Topliss-reactive ketones (excluding diaryl/α,β-unsaturated/α-hetero) is 1. The molecule has 1 amide bonds. The van der Waals surface area contributed by atoms with Gasteiger partial charge in [0.25, 0.3) is 11.7 Å². The number of aromatic amines is 1. The number of aliphatic hydroxyl groups is 1. The molecule has 0 spiro atoms. The second-order valence-corrected chi connectivity index (χ2v) is 8.28. The number of methoxy groups -OCH3 is 2. The number of benzene rings is 2. The van der Waals surface area contributed by atoms with E-state index in [1.54, 1.807) is 30.3 Å². The lowest BCUT2D eigenvalue weighted by Gasteiger charge is -2.25. The third kappa shape index (κ3) is 3.63. The summed E-state index contributed by atoms with van der Waals surface area (Å²) in [4.78, 5) is 31.5. The molecular weight excluding hydrogens is 448 g/mol. The fourth-order valence-electron chi connectivity index (χ4n) is 4.71. The number of aryl methyl sites for hydroxylation is 1. The first kappa shape index (κ1) is 22.3. The number of aromatic nitrogens is 1. The summed E-state index contributed by atoms with van der Waals surface area (Å²) in [5, 5.41) is 12.4. The van der Waals surface area contributed by atoms with E-state index in [9.17, 15) is 14.7 Å². The maximum atomic E-state index is 13.4. The number of hydrogen-bond donors (Lipinski definition) is 2. The van der Waals surface area contributed by atoms with Gasteiger partial charge in [0.05, 0.1) is 44.2 Å². The van der Waals surface area contributed by atoms with Gasteiger partial charge >= 0.3 is 0 Å². The summed E-state index contributed by atoms with van der Waals surface area (Å²) in [6, 6.07) is 15.2. The van der Waals surface area contributed by atoms with Crippen molar-refractivity contribution >= 4 is 28.4 Å². The van der Waals surface area contributed by atoms with Crippen LogP contribution in [0, 0.1) is 6.92 Å². The Kier molecular flexibility index (Phi) is 5.56. The number of nitrogens with zero attached hydrogens (tertiary/aromatic N) is 1. The first-order valence-corrected chi connectivity index (χ1v) is 11.0. The SMILES string of the molecule is COc1ccc(OC)c(/C(O)=C2\C(=O)C(=O)N(Cc3ccco3)C2c2c(C)[nH]c3ccccc23)c1. The van der Waals surface area contributed by atoms with E-state index in [0.29, 0.717) is 17.3 Å². The van der Waals surface area contributed by atoms with Crippen LogP contribution in [-0.4, -0.2) is 40.9 Å². The van der Waals surface area contributed by atoms with Crippen molar-refractivity contribution in [3.8, 4) is 11.5 Å². The van der Waals surface area contributed by atoms with Crippen LogP contribution in [0.4, 0.5) is 0 Å². The molecule has 1 atom stereocenters. The van der Waals surface area contributed by atoms with Gasteiger partial charge in [0.15, 0.2) is 0 Å². The van der Waals surface area contributed by atoms with Crippen LogP contribution in [-0.2, 0) is 16.1 Å². The minimum absolute atomic E-state index is 0.0269. The zero-order valence-corrected chi connectivity index (χ0v) is 19.5. The number of H-pyrrole nitrogens is 1. The predicted octanol–water partition coefficient (Wildman–Crippen LogP) is 4.71. The lowest BCUT2D eigenvalue weighted by atomic mass is 9.93. The van der Waals surface area contributed by atoms with Crippen molar-refractivity contribution in [2.24, 2.45) is 0 Å². The highest BCUT2D eigenvalue weighted by atomic mass is 16.5. The first-order chi connectivity index (χ1) is 16.9. The summed E-state index contributed by atoms with van der Waals surface area (Å²) >= 11 is 0. The van der Waals surface area contributed by atoms with Gasteiger partial charge in [-0.1, -0.05) is 18.2 Å². The molecule has 1 saturated heterocycles. The molecule has 35 heavy (non-hydrogen) atoms. The van der Waals surface area contributed by atoms with E-state index in [2.05, 4.69) is 4.98 Å². The molecule has 1 fully saturated rings. The lowest BCUT2D eigenvalue weighted by Crippen LogP contribution is -2.29. The Labute approximate surface area is 201 Å². The number of carbonyl (C=O) groups is 2. The van der Waals surface area contributed by atoms with Gasteiger partial charge in [0, 0.05) is 22.2 Å². The predicted molar refractivity (Wildman–Crippen MR) is 129 cm³/mol. The van der Waals surface area contributed by atoms with E-state index in [1.165, 1.54) is 25.4 Å². The fraction of sp³-hybridized carbons (Fsp3) is 0.185. The Morgan fingerprint density at radius 3 is 2.60 bits per heavy atom. The third-order valence-corrected chi connectivity index (χ3v) is 6.32. The number of aliphatic hydroxyl groups excluding tert-OH is 1. The van der Waals surface area contributed by atoms with Crippen molar-refractivity contribution in [2.75, 3.05) is 14.2 Å². The minimum atomic E-state index is -0.854. The Balaban J connectivity index is 1.78. The summed E-state index contributed by atoms with van der Waals surface area (Å²) in [5.41, 5.74) is 2.61. The number of likely N-dealkylation sites (tertiary alicyclic amines) is 1. The number of furan rings is 1. The fourth-order valence-corrected chi connectivity index (χ4v) is 4.71. The summed E-state index contributed by atoms with van der Waals surface area (Å²) in [6.45, 7) is 1.95. The molecule has 1 aliphatic heterocycles. The van der Waals surface area contributed by atoms with Crippen LogP contribution < -0.4 is 9.47 Å². The van der Waals surface area contributed by atoms with Crippen LogP contribution in [0.1, 0.15) is 28.6 Å². The summed E-state index contributed by atoms with van der Waals surface area (Å²) in [6.07, 6.45) is 1.51. The topological polar surface area (TPSA) is 105 Å². The second-order valence-electron chi connectivity index (χ2n) is 8.28. The molecule has 1 aliphatic rings. The number of amides is 1. The second kappa shape index (κ2) is 8.72. The van der Waals surface area contributed by atoms with E-state index in [4.69, 9.17) is 13.9 Å². The monoisotopic (exact) mass is 472 g/mol. The van der Waals surface area contributed by atoms with Gasteiger partial charge < -0.3 is 28.9 Å². The van der Waals surface area contributed by atoms with Crippen molar-refractivity contribution < 1.29 is 28.6 Å². The quantitative estimate of drug-likeness (QED) is 0.239. The maximum Gasteiger partial charge on any atom is 0.296 e. The molecule has 8 nitrogen and oxygen atoms in total. The Morgan fingerprint density at radius 1 is 1.09 bits per heavy atom. The van der Waals surface area contributed by atoms with Crippen LogP contribution in [0.3, 0.4) is 0 Å². The number of ketones is 1. The molecule has 0 aliphatic carbocycles. The van der Waals surface area contributed by atoms with E-state index in [0.717, 1.165) is 22.2 Å². The van der Waals surface area contributed by atoms with E-state index < -0.39 is 17.7 Å². The van der Waals surface area contributed by atoms with Gasteiger partial charge in [0.2, 0.25) is 0 Å². The smallest absolute Gasteiger partial charge is 0.296 e. The van der Waals surface area contributed by atoms with Crippen LogP contribution in [0.15, 0.2) is 70.9 Å². The number of fused-ring (bicyclic) bond motifs is 1. The van der Waals surface area contributed by atoms with Gasteiger partial charge in [-0.3, -0.25) is 9.59 Å². The van der Waals surface area contributed by atoms with Gasteiger partial charge in [-0.2, -0.15) is 0 Å². The molecule has 2 aromatic carbocycles. The maximum absolute atomic E-state index is 13.4. The molecule has 3 heterocycles. The molecular formula is C27H24N2O6. The zero-order chi connectivity index (χ0) is 24.7. The Bertz CT molecular complexity index is 1460. The van der Waals surface area contributed by atoms with Gasteiger partial charge in [-0.05, 0) is 43.3 Å². The average Bonchev–Trinajstić information content (AvgIpc) is 3.56. The highest BCUT2D eigenvalue weighted by Gasteiger charge is 2.48. The molecule has 0 bridgehead atoms. The standard InChI is InChI=1S/C27H24N2O6/c1-15-22(18-8-4-5-9-20(18)28-15)24-23(25(30)19-13-16(33-2)10-11-21(19)34-3)26(31)27(32)29(24)14-17-7-6-12-35-17/h4-13,24,28,30H,14H2,1-3H3/b25-23+. The van der Waals surface area contributed by atoms with E-state index in [-0.39, 0.29) is 23.4 Å². The van der Waals surface area contributed by atoms with Crippen molar-refractivity contribution in [1.29, 1.82) is 0 Å². The van der Waals surface area contributed by atoms with Gasteiger partial charge in [-0.25, -0.2) is 0 Å². The summed E-state index contributed by atoms with van der Waals surface area (Å²) in [7, 11) is 2.97. The Morgan fingerprint density at radius 2 is 1.89 bits per heavy atom. The number of rotatable bonds is 6. The molecule has 1 unspecified atom stereocenters. The molecule has 178 valence electrons. The largest absolute Gasteiger partial charge is 0.507 e. The molecule has 2 N–H and O–H groups in total. The number of para-hydroxylation sites is 1. The van der Waals surface area contributed by atoms with Crippen LogP contribution >= 0.6 is 0 Å². The van der Waals surface area contributed by atoms with Gasteiger partial charge in [0.1, 0.15) is 23.0 Å². The highest BCUT2D eigenvalue weighted by molar-refractivity contribution is 6.46. The minimum Gasteiger partial charge on any atom is -0.507 e. The van der Waals surface area contributed by atoms with Crippen molar-refractivity contribution in [2.45, 2.75) is 19.5 Å². The van der Waals surface area contributed by atoms with Crippen LogP contribution in [0.5, 0.6) is 11.5 Å². The summed E-state index contributed by atoms with van der Waals surface area (Å²) < 4.78 is 16.2. The summed E-state index contributed by atoms with van der Waals surface area (Å²) in [5.74, 6) is -0.510. The van der Waals surface area contributed by atoms with Crippen LogP contribution in [0.25, 0.3) is 16.7 Å². The first-order valence-electron chi connectivity index (χ1n) is 11.0. The molecule has 4 aromatic rings. The average molecular weight is 472 g/mol. The lowest BCUT2D eigenvalue weighted by molar-refractivity contribution is -0.140. The van der Waals surface area contributed by atoms with Crippen molar-refractivity contribution in [3.63, 3.8) is 0 Å². The van der Waals surface area contributed by atoms with E-state index in [1.807, 2.05) is 31.2 Å². The molecule has 5 rings (SSSR count). The normalized spacial score (nSPS) is 17.3. The number of nitrogens with one attached hydrogen (secondary N) is 1. The van der Waals surface area contributed by atoms with Crippen LogP contribution in [0.2, 0.25) is 0 Å². The highest BCUT2D eigenvalue weighted by Crippen LogP contribution is 2.45. The third-order valence-electron chi connectivity index (χ3n) is 6.32.